The van der Waals surface area contributed by atoms with Crippen molar-refractivity contribution in [3.05, 3.63) is 89.5 Å². The summed E-state index contributed by atoms with van der Waals surface area (Å²) < 4.78 is 30.4. The van der Waals surface area contributed by atoms with Crippen molar-refractivity contribution in [1.29, 1.82) is 0 Å². The molecule has 0 unspecified atom stereocenters. The van der Waals surface area contributed by atoms with Crippen molar-refractivity contribution >= 4 is 39.3 Å². The number of thiazole rings is 1. The third kappa shape index (κ3) is 6.11. The summed E-state index contributed by atoms with van der Waals surface area (Å²) in [5, 5.41) is 0. The number of aromatic nitrogens is 1. The van der Waals surface area contributed by atoms with Crippen LogP contribution in [-0.4, -0.2) is 44.6 Å². The van der Waals surface area contributed by atoms with Gasteiger partial charge >= 0.3 is 5.97 Å². The number of carbonyl (C=O) groups excluding carboxylic acids is 1. The molecule has 1 aliphatic heterocycles. The van der Waals surface area contributed by atoms with E-state index >= 15 is 0 Å². The molecule has 0 saturated heterocycles. The predicted octanol–water partition coefficient (Wildman–Crippen LogP) is 4.54. The van der Waals surface area contributed by atoms with Gasteiger partial charge in [-0.05, 0) is 62.2 Å². The summed E-state index contributed by atoms with van der Waals surface area (Å²) in [4.78, 5) is 32.4. The smallest absolute Gasteiger partial charge is 0.338 e. The Hall–Kier alpha value is -3.83. The lowest BCUT2D eigenvalue weighted by molar-refractivity contribution is -0.139. The molecule has 1 aromatic heterocycles. The van der Waals surface area contributed by atoms with Crippen LogP contribution >= 0.6 is 27.3 Å². The largest absolute Gasteiger partial charge is 0.493 e. The molecule has 0 aliphatic carbocycles. The van der Waals surface area contributed by atoms with Crippen LogP contribution in [0.2, 0.25) is 0 Å². The number of hydrogen-bond donors (Lipinski definition) is 0. The SMILES string of the molecule is C=CCOc1ccc(/C=c2/sc3n(c2=O)[C@H](c2cc(OC)c(OCC)cc2Br)C(C(=O)OCC)=C(C)N=3)cc1OC. The highest BCUT2D eigenvalue weighted by atomic mass is 79.9. The van der Waals surface area contributed by atoms with E-state index < -0.39 is 12.0 Å². The Balaban J connectivity index is 1.93. The Labute approximate surface area is 250 Å². The van der Waals surface area contributed by atoms with Gasteiger partial charge in [-0.1, -0.05) is 46.0 Å². The molecule has 4 rings (SSSR count). The first-order valence-electron chi connectivity index (χ1n) is 12.9. The summed E-state index contributed by atoms with van der Waals surface area (Å²) in [5.74, 6) is 1.54. The van der Waals surface area contributed by atoms with Crippen molar-refractivity contribution in [1.82, 2.24) is 4.57 Å². The second kappa shape index (κ2) is 13.2. The van der Waals surface area contributed by atoms with E-state index in [0.717, 1.165) is 5.56 Å². The monoisotopic (exact) mass is 642 g/mol. The van der Waals surface area contributed by atoms with Gasteiger partial charge in [0.2, 0.25) is 0 Å². The normalized spacial score (nSPS) is 14.7. The molecule has 1 atom stereocenters. The molecule has 0 bridgehead atoms. The van der Waals surface area contributed by atoms with Crippen LogP contribution in [0, 0.1) is 0 Å². The molecule has 9 nitrogen and oxygen atoms in total. The molecule has 11 heteroatoms. The van der Waals surface area contributed by atoms with Crippen LogP contribution in [0.3, 0.4) is 0 Å². The van der Waals surface area contributed by atoms with Gasteiger partial charge in [0, 0.05) is 4.47 Å². The van der Waals surface area contributed by atoms with Gasteiger partial charge in [0.15, 0.2) is 27.8 Å². The third-order valence-corrected chi connectivity index (χ3v) is 7.91. The molecule has 0 radical (unpaired) electrons. The Morgan fingerprint density at radius 1 is 1.07 bits per heavy atom. The average molecular weight is 644 g/mol. The van der Waals surface area contributed by atoms with Crippen LogP contribution in [0.5, 0.6) is 23.0 Å². The van der Waals surface area contributed by atoms with Crippen LogP contribution in [-0.2, 0) is 9.53 Å². The number of benzene rings is 2. The summed E-state index contributed by atoms with van der Waals surface area (Å²) in [7, 11) is 3.09. The first-order chi connectivity index (χ1) is 19.8. The topological polar surface area (TPSA) is 97.6 Å². The van der Waals surface area contributed by atoms with Gasteiger partial charge in [-0.2, -0.15) is 0 Å². The summed E-state index contributed by atoms with van der Waals surface area (Å²) in [6.07, 6.45) is 3.41. The van der Waals surface area contributed by atoms with Crippen molar-refractivity contribution in [3.8, 4) is 23.0 Å². The van der Waals surface area contributed by atoms with E-state index in [-0.39, 0.29) is 17.7 Å². The molecule has 2 heterocycles. The Kier molecular flexibility index (Phi) is 9.72. The van der Waals surface area contributed by atoms with E-state index in [4.69, 9.17) is 23.7 Å². The van der Waals surface area contributed by atoms with E-state index in [0.29, 0.717) is 61.3 Å². The van der Waals surface area contributed by atoms with Crippen molar-refractivity contribution in [3.63, 3.8) is 0 Å². The van der Waals surface area contributed by atoms with E-state index in [2.05, 4.69) is 27.5 Å². The molecule has 0 spiro atoms. The minimum absolute atomic E-state index is 0.175. The van der Waals surface area contributed by atoms with Gasteiger partial charge in [-0.15, -0.1) is 0 Å². The number of hydrogen-bond acceptors (Lipinski definition) is 9. The van der Waals surface area contributed by atoms with Crippen LogP contribution in [0.1, 0.15) is 37.9 Å². The minimum Gasteiger partial charge on any atom is -0.493 e. The first kappa shape index (κ1) is 30.1. The lowest BCUT2D eigenvalue weighted by Crippen LogP contribution is -2.40. The van der Waals surface area contributed by atoms with E-state index in [9.17, 15) is 9.59 Å². The van der Waals surface area contributed by atoms with Gasteiger partial charge < -0.3 is 23.7 Å². The Morgan fingerprint density at radius 2 is 1.80 bits per heavy atom. The fourth-order valence-corrected chi connectivity index (χ4v) is 6.05. The quantitative estimate of drug-likeness (QED) is 0.224. The maximum Gasteiger partial charge on any atom is 0.338 e. The summed E-state index contributed by atoms with van der Waals surface area (Å²) in [6, 6.07) is 8.11. The van der Waals surface area contributed by atoms with Crippen LogP contribution in [0.25, 0.3) is 6.08 Å². The fraction of sp³-hybridized carbons (Fsp3) is 0.300. The molecule has 0 fully saturated rings. The van der Waals surface area contributed by atoms with Crippen LogP contribution in [0.15, 0.2) is 68.5 Å². The van der Waals surface area contributed by atoms with Crippen molar-refractivity contribution in [2.75, 3.05) is 34.0 Å². The standard InChI is InChI=1S/C30H31BrN2O7S/c1-7-12-40-21-11-10-18(13-22(21)36-5)14-25-28(34)33-27(19-15-23(37-6)24(38-8-2)16-20(19)31)26(29(35)39-9-3)17(4)32-30(33)41-25/h7,10-11,13-16,27H,1,8-9,12H2,2-6H3/b25-14+/t27-/m1/s1. The molecule has 0 N–H and O–H groups in total. The summed E-state index contributed by atoms with van der Waals surface area (Å²) in [5.41, 5.74) is 1.79. The molecule has 0 amide bonds. The highest BCUT2D eigenvalue weighted by Crippen LogP contribution is 2.41. The number of methoxy groups -OCH3 is 2. The third-order valence-electron chi connectivity index (χ3n) is 6.24. The molecule has 216 valence electrons. The van der Waals surface area contributed by atoms with Crippen LogP contribution in [0.4, 0.5) is 0 Å². The van der Waals surface area contributed by atoms with Gasteiger partial charge in [-0.25, -0.2) is 9.79 Å². The predicted molar refractivity (Wildman–Crippen MR) is 161 cm³/mol. The van der Waals surface area contributed by atoms with E-state index in [1.165, 1.54) is 23.0 Å². The summed E-state index contributed by atoms with van der Waals surface area (Å²) >= 11 is 4.87. The van der Waals surface area contributed by atoms with Gasteiger partial charge in [0.1, 0.15) is 6.61 Å². The number of nitrogens with zero attached hydrogens (tertiary/aromatic N) is 2. The zero-order valence-electron chi connectivity index (χ0n) is 23.5. The van der Waals surface area contributed by atoms with Crippen molar-refractivity contribution in [2.45, 2.75) is 26.8 Å². The molecule has 0 saturated carbocycles. The number of fused-ring (bicyclic) bond motifs is 1. The molecule has 3 aromatic rings. The molecular weight excluding hydrogens is 612 g/mol. The molecule has 41 heavy (non-hydrogen) atoms. The molecule has 1 aliphatic rings. The maximum atomic E-state index is 14.0. The fourth-order valence-electron chi connectivity index (χ4n) is 4.47. The lowest BCUT2D eigenvalue weighted by Gasteiger charge is -2.26. The highest BCUT2D eigenvalue weighted by molar-refractivity contribution is 9.10. The second-order valence-corrected chi connectivity index (χ2v) is 10.6. The average Bonchev–Trinajstić information content (AvgIpc) is 3.25. The number of esters is 1. The minimum atomic E-state index is -0.824. The van der Waals surface area contributed by atoms with Crippen molar-refractivity contribution < 1.29 is 28.5 Å². The van der Waals surface area contributed by atoms with Crippen molar-refractivity contribution in [2.24, 2.45) is 4.99 Å². The lowest BCUT2D eigenvalue weighted by atomic mass is 9.95. The van der Waals surface area contributed by atoms with E-state index in [1.807, 2.05) is 13.0 Å². The highest BCUT2D eigenvalue weighted by Gasteiger charge is 2.35. The number of allylic oxidation sites excluding steroid dienone is 1. The Bertz CT molecular complexity index is 1690. The summed E-state index contributed by atoms with van der Waals surface area (Å²) in [6.45, 7) is 9.97. The maximum absolute atomic E-state index is 14.0. The van der Waals surface area contributed by atoms with E-state index in [1.54, 1.807) is 57.4 Å². The first-order valence-corrected chi connectivity index (χ1v) is 14.5. The zero-order chi connectivity index (χ0) is 29.7. The second-order valence-electron chi connectivity index (χ2n) is 8.77. The number of rotatable bonds is 11. The Morgan fingerprint density at radius 3 is 2.46 bits per heavy atom. The number of carbonyl (C=O) groups is 1. The van der Waals surface area contributed by atoms with Crippen LogP contribution < -0.4 is 33.8 Å². The van der Waals surface area contributed by atoms with Gasteiger partial charge in [-0.3, -0.25) is 9.36 Å². The number of halogens is 1. The molecular formula is C30H31BrN2O7S. The zero-order valence-corrected chi connectivity index (χ0v) is 25.9. The molecule has 2 aromatic carbocycles. The van der Waals surface area contributed by atoms with Gasteiger partial charge in [0.05, 0.1) is 49.3 Å². The van der Waals surface area contributed by atoms with Gasteiger partial charge in [0.25, 0.3) is 5.56 Å². The number of ether oxygens (including phenoxy) is 5.